The molecule has 0 radical (unpaired) electrons. The van der Waals surface area contributed by atoms with Gasteiger partial charge in [0.1, 0.15) is 0 Å². The van der Waals surface area contributed by atoms with Crippen molar-refractivity contribution in [1.82, 2.24) is 0 Å². The van der Waals surface area contributed by atoms with E-state index >= 15 is 8.78 Å². The number of hydrogen-bond donors (Lipinski definition) is 0. The number of halogens is 3. The van der Waals surface area contributed by atoms with Gasteiger partial charge in [0.2, 0.25) is 0 Å². The fourth-order valence-corrected chi connectivity index (χ4v) is 6.48. The Hall–Kier alpha value is -0.145. The third-order valence-electron chi connectivity index (χ3n) is 5.17. The van der Waals surface area contributed by atoms with E-state index in [1.807, 2.05) is 45.9 Å². The van der Waals surface area contributed by atoms with Crippen LogP contribution in [0.5, 0.6) is 0 Å². The topological polar surface area (TPSA) is 36.9 Å². The molecule has 0 bridgehead atoms. The van der Waals surface area contributed by atoms with E-state index in [0.717, 1.165) is 21.5 Å². The minimum atomic E-state index is -3.23. The van der Waals surface area contributed by atoms with Crippen LogP contribution in [0, 0.1) is 0 Å². The van der Waals surface area contributed by atoms with Gasteiger partial charge in [-0.25, -0.2) is 0 Å². The zero-order valence-corrected chi connectivity index (χ0v) is 20.6. The van der Waals surface area contributed by atoms with Gasteiger partial charge in [0.25, 0.3) is 8.38 Å². The van der Waals surface area contributed by atoms with Crippen molar-refractivity contribution in [2.24, 2.45) is 0 Å². The zero-order valence-electron chi connectivity index (χ0n) is 17.3. The normalized spacial score (nSPS) is 18.9. The molecule has 1 saturated heterocycles. The smallest absolute Gasteiger partial charge is 0.399 e. The maximum atomic E-state index is 15.2. The predicted molar refractivity (Wildman–Crippen MR) is 119 cm³/mol. The quantitative estimate of drug-likeness (QED) is 0.320. The molecule has 0 spiro atoms. The summed E-state index contributed by atoms with van der Waals surface area (Å²) >= 11 is 4.43. The summed E-state index contributed by atoms with van der Waals surface area (Å²) in [6.07, 6.45) is 0. The first-order valence-electron chi connectivity index (χ1n) is 9.46. The third kappa shape index (κ3) is 4.29. The highest BCUT2D eigenvalue weighted by molar-refractivity contribution is 9.10. The standard InChI is InChI=1S/C19H25BBrF2O4PS/c1-7-24-28(25-8-2)19(22,23)16-15(21)13-11-12(9-10-14(13)29-16)20-26-17(3,4)18(5,6)27-20/h9-11H,7-8H2,1-6H3. The van der Waals surface area contributed by atoms with Gasteiger partial charge >= 0.3 is 12.8 Å². The van der Waals surface area contributed by atoms with Crippen molar-refractivity contribution in [3.8, 4) is 0 Å². The van der Waals surface area contributed by atoms with Crippen LogP contribution in [0.2, 0.25) is 0 Å². The molecule has 0 saturated carbocycles. The summed E-state index contributed by atoms with van der Waals surface area (Å²) in [4.78, 5) is -0.0911. The van der Waals surface area contributed by atoms with Crippen LogP contribution >= 0.6 is 35.6 Å². The molecule has 3 rings (SSSR count). The van der Waals surface area contributed by atoms with Crippen molar-refractivity contribution in [1.29, 1.82) is 0 Å². The molecule has 0 unspecified atom stereocenters. The van der Waals surface area contributed by atoms with Crippen LogP contribution in [0.15, 0.2) is 22.7 Å². The highest BCUT2D eigenvalue weighted by Gasteiger charge is 2.52. The van der Waals surface area contributed by atoms with Crippen molar-refractivity contribution in [2.75, 3.05) is 13.2 Å². The van der Waals surface area contributed by atoms with Crippen molar-refractivity contribution in [2.45, 2.75) is 58.4 Å². The van der Waals surface area contributed by atoms with Gasteiger partial charge < -0.3 is 18.4 Å². The molecule has 0 N–H and O–H groups in total. The van der Waals surface area contributed by atoms with Crippen LogP contribution in [-0.2, 0) is 24.0 Å². The van der Waals surface area contributed by atoms with Crippen LogP contribution in [0.1, 0.15) is 46.4 Å². The maximum absolute atomic E-state index is 15.2. The molecule has 1 aliphatic rings. The summed E-state index contributed by atoms with van der Waals surface area (Å²) in [6, 6.07) is 5.54. The summed E-state index contributed by atoms with van der Waals surface area (Å²) in [6.45, 7) is 11.6. The Balaban J connectivity index is 1.99. The van der Waals surface area contributed by atoms with Gasteiger partial charge in [0, 0.05) is 14.6 Å². The first-order chi connectivity index (χ1) is 13.4. The SMILES string of the molecule is CCOP(OCC)C(F)(F)c1sc2ccc(B3OC(C)(C)C(C)(C)O3)cc2c1Br. The fraction of sp³-hybridized carbons (Fsp3) is 0.579. The second-order valence-electron chi connectivity index (χ2n) is 7.72. The fourth-order valence-electron chi connectivity index (χ4n) is 2.92. The molecule has 1 aromatic heterocycles. The van der Waals surface area contributed by atoms with Crippen LogP contribution in [0.25, 0.3) is 10.1 Å². The average Bonchev–Trinajstić information content (AvgIpc) is 3.08. The lowest BCUT2D eigenvalue weighted by molar-refractivity contribution is 0.00578. The van der Waals surface area contributed by atoms with E-state index in [0.29, 0.717) is 9.86 Å². The van der Waals surface area contributed by atoms with Crippen molar-refractivity contribution >= 4 is 58.3 Å². The second kappa shape index (κ2) is 8.42. The molecule has 1 fully saturated rings. The molecule has 0 atom stereocenters. The summed E-state index contributed by atoms with van der Waals surface area (Å²) in [5, 5.41) is 0.694. The number of hydrogen-bond acceptors (Lipinski definition) is 5. The lowest BCUT2D eigenvalue weighted by Gasteiger charge is -2.32. The minimum absolute atomic E-state index is 0.0911. The molecule has 1 aromatic carbocycles. The summed E-state index contributed by atoms with van der Waals surface area (Å²) in [7, 11) is -2.93. The molecule has 29 heavy (non-hydrogen) atoms. The highest BCUT2D eigenvalue weighted by atomic mass is 79.9. The van der Waals surface area contributed by atoms with Crippen molar-refractivity contribution in [3.05, 3.63) is 27.5 Å². The molecule has 0 aliphatic carbocycles. The largest absolute Gasteiger partial charge is 0.494 e. The number of alkyl halides is 2. The zero-order chi connectivity index (χ0) is 21.6. The number of benzene rings is 1. The predicted octanol–water partition coefficient (Wildman–Crippen LogP) is 6.40. The summed E-state index contributed by atoms with van der Waals surface area (Å²) in [5.41, 5.74) is -3.38. The van der Waals surface area contributed by atoms with Crippen molar-refractivity contribution < 1.29 is 27.1 Å². The van der Waals surface area contributed by atoms with Gasteiger partial charge in [-0.1, -0.05) is 12.1 Å². The van der Waals surface area contributed by atoms with Gasteiger partial charge in [0.05, 0.1) is 29.3 Å². The summed E-state index contributed by atoms with van der Waals surface area (Å²) in [5.74, 6) is 0. The molecule has 2 aromatic rings. The number of fused-ring (bicyclic) bond motifs is 1. The summed E-state index contributed by atoms with van der Waals surface area (Å²) < 4.78 is 54.2. The Morgan fingerprint density at radius 3 is 2.17 bits per heavy atom. The van der Waals surface area contributed by atoms with Crippen molar-refractivity contribution in [3.63, 3.8) is 0 Å². The van der Waals surface area contributed by atoms with Crippen LogP contribution in [-0.4, -0.2) is 31.5 Å². The highest BCUT2D eigenvalue weighted by Crippen LogP contribution is 2.63. The molecular formula is C19H25BBrF2O4PS. The molecule has 0 amide bonds. The number of thiophene rings is 1. The van der Waals surface area contributed by atoms with Crippen LogP contribution in [0.4, 0.5) is 8.78 Å². The van der Waals surface area contributed by atoms with E-state index in [1.54, 1.807) is 13.8 Å². The van der Waals surface area contributed by atoms with Gasteiger partial charge in [-0.05, 0) is 69.0 Å². The van der Waals surface area contributed by atoms with Crippen LogP contribution < -0.4 is 5.46 Å². The Morgan fingerprint density at radius 2 is 1.66 bits per heavy atom. The average molecular weight is 509 g/mol. The Bertz CT molecular complexity index is 870. The first-order valence-corrected chi connectivity index (χ1v) is 12.2. The molecule has 10 heteroatoms. The Labute approximate surface area is 184 Å². The molecule has 1 aliphatic heterocycles. The third-order valence-corrected chi connectivity index (χ3v) is 9.32. The van der Waals surface area contributed by atoms with E-state index in [4.69, 9.17) is 18.4 Å². The second-order valence-corrected chi connectivity index (χ2v) is 11.2. The minimum Gasteiger partial charge on any atom is -0.399 e. The monoisotopic (exact) mass is 508 g/mol. The number of rotatable bonds is 7. The molecular weight excluding hydrogens is 484 g/mol. The van der Waals surface area contributed by atoms with Gasteiger partial charge in [-0.3, -0.25) is 0 Å². The van der Waals surface area contributed by atoms with Crippen LogP contribution in [0.3, 0.4) is 0 Å². The first kappa shape index (κ1) is 23.5. The van der Waals surface area contributed by atoms with E-state index in [9.17, 15) is 0 Å². The lowest BCUT2D eigenvalue weighted by Crippen LogP contribution is -2.41. The van der Waals surface area contributed by atoms with Gasteiger partial charge in [-0.15, -0.1) is 11.3 Å². The van der Waals surface area contributed by atoms with Gasteiger partial charge in [-0.2, -0.15) is 8.78 Å². The molecule has 4 nitrogen and oxygen atoms in total. The lowest BCUT2D eigenvalue weighted by atomic mass is 9.79. The molecule has 160 valence electrons. The Morgan fingerprint density at radius 1 is 1.10 bits per heavy atom. The van der Waals surface area contributed by atoms with Gasteiger partial charge in [0.15, 0.2) is 0 Å². The molecule has 2 heterocycles. The van der Waals surface area contributed by atoms with E-state index < -0.39 is 32.4 Å². The Kier molecular flexibility index (Phi) is 6.83. The van der Waals surface area contributed by atoms with E-state index in [1.165, 1.54) is 0 Å². The maximum Gasteiger partial charge on any atom is 0.494 e. The van der Waals surface area contributed by atoms with E-state index in [-0.39, 0.29) is 18.1 Å². The van der Waals surface area contributed by atoms with E-state index in [2.05, 4.69) is 15.9 Å².